The molecular formula is C18H29NO2. The Morgan fingerprint density at radius 2 is 1.95 bits per heavy atom. The molecule has 118 valence electrons. The summed E-state index contributed by atoms with van der Waals surface area (Å²) in [5.74, 6) is 1.35. The van der Waals surface area contributed by atoms with Crippen LogP contribution < -0.4 is 10.1 Å². The molecule has 0 aromatic heterocycles. The van der Waals surface area contributed by atoms with E-state index in [1.807, 2.05) is 12.1 Å². The van der Waals surface area contributed by atoms with Gasteiger partial charge in [0, 0.05) is 17.5 Å². The minimum absolute atomic E-state index is 0.0795. The van der Waals surface area contributed by atoms with Crippen LogP contribution in [0.5, 0.6) is 5.75 Å². The maximum Gasteiger partial charge on any atom is 0.123 e. The molecule has 0 bridgehead atoms. The average Bonchev–Trinajstić information content (AvgIpc) is 2.64. The summed E-state index contributed by atoms with van der Waals surface area (Å²) in [6.45, 7) is 11.8. The van der Waals surface area contributed by atoms with Crippen LogP contribution in [0, 0.1) is 5.92 Å². The van der Waals surface area contributed by atoms with Crippen LogP contribution in [-0.2, 0) is 4.74 Å². The molecule has 2 atom stereocenters. The first-order valence-corrected chi connectivity index (χ1v) is 7.87. The lowest BCUT2D eigenvalue weighted by Crippen LogP contribution is -2.38. The molecule has 0 radical (unpaired) electrons. The molecule has 1 fully saturated rings. The topological polar surface area (TPSA) is 30.5 Å². The largest absolute Gasteiger partial charge is 0.496 e. The van der Waals surface area contributed by atoms with E-state index < -0.39 is 0 Å². The molecule has 0 aliphatic carbocycles. The summed E-state index contributed by atoms with van der Waals surface area (Å²) in [6, 6.07) is 8.53. The fraction of sp³-hybridized carbons (Fsp3) is 0.667. The Labute approximate surface area is 129 Å². The van der Waals surface area contributed by atoms with Gasteiger partial charge in [0.2, 0.25) is 0 Å². The van der Waals surface area contributed by atoms with E-state index in [1.54, 1.807) is 7.11 Å². The zero-order valence-electron chi connectivity index (χ0n) is 14.2. The lowest BCUT2D eigenvalue weighted by molar-refractivity contribution is -0.0778. The van der Waals surface area contributed by atoms with Gasteiger partial charge in [0.15, 0.2) is 0 Å². The first-order chi connectivity index (χ1) is 9.80. The molecule has 0 spiro atoms. The summed E-state index contributed by atoms with van der Waals surface area (Å²) in [5, 5.41) is 3.65. The Hall–Kier alpha value is -1.06. The van der Waals surface area contributed by atoms with Crippen molar-refractivity contribution in [3.05, 3.63) is 29.8 Å². The molecule has 1 aromatic rings. The maximum absolute atomic E-state index is 6.29. The van der Waals surface area contributed by atoms with Gasteiger partial charge in [0.05, 0.1) is 18.3 Å². The summed E-state index contributed by atoms with van der Waals surface area (Å²) in [5.41, 5.74) is 0.988. The van der Waals surface area contributed by atoms with Crippen LogP contribution in [0.3, 0.4) is 0 Å². The van der Waals surface area contributed by atoms with Crippen molar-refractivity contribution < 1.29 is 9.47 Å². The zero-order valence-corrected chi connectivity index (χ0v) is 14.2. The van der Waals surface area contributed by atoms with Gasteiger partial charge in [-0.3, -0.25) is 0 Å². The van der Waals surface area contributed by atoms with Crippen molar-refractivity contribution in [3.63, 3.8) is 0 Å². The lowest BCUT2D eigenvalue weighted by atomic mass is 9.78. The Morgan fingerprint density at radius 1 is 1.29 bits per heavy atom. The molecule has 3 heteroatoms. The van der Waals surface area contributed by atoms with E-state index >= 15 is 0 Å². The van der Waals surface area contributed by atoms with E-state index in [0.29, 0.717) is 5.92 Å². The number of para-hydroxylation sites is 1. The summed E-state index contributed by atoms with van der Waals surface area (Å²) >= 11 is 0. The molecule has 1 heterocycles. The third-order valence-corrected chi connectivity index (χ3v) is 4.44. The molecule has 1 aliphatic rings. The second-order valence-corrected chi connectivity index (χ2v) is 7.05. The average molecular weight is 291 g/mol. The molecule has 3 nitrogen and oxygen atoms in total. The van der Waals surface area contributed by atoms with Crippen LogP contribution in [-0.4, -0.2) is 24.9 Å². The van der Waals surface area contributed by atoms with Crippen molar-refractivity contribution in [3.8, 4) is 5.75 Å². The van der Waals surface area contributed by atoms with Crippen LogP contribution in [0.1, 0.15) is 52.6 Å². The number of rotatable bonds is 5. The number of nitrogens with one attached hydrogen (secondary N) is 1. The van der Waals surface area contributed by atoms with Gasteiger partial charge >= 0.3 is 0 Å². The quantitative estimate of drug-likeness (QED) is 0.891. The van der Waals surface area contributed by atoms with Gasteiger partial charge in [0.1, 0.15) is 5.75 Å². The van der Waals surface area contributed by atoms with E-state index in [0.717, 1.165) is 18.7 Å². The second kappa shape index (κ2) is 5.98. The van der Waals surface area contributed by atoms with Crippen molar-refractivity contribution >= 4 is 0 Å². The van der Waals surface area contributed by atoms with Gasteiger partial charge in [-0.1, -0.05) is 25.1 Å². The highest BCUT2D eigenvalue weighted by atomic mass is 16.5. The summed E-state index contributed by atoms with van der Waals surface area (Å²) in [4.78, 5) is 0. The monoisotopic (exact) mass is 291 g/mol. The highest BCUT2D eigenvalue weighted by Gasteiger charge is 2.49. The highest BCUT2D eigenvalue weighted by molar-refractivity contribution is 5.37. The van der Waals surface area contributed by atoms with Crippen molar-refractivity contribution in [1.29, 1.82) is 0 Å². The third kappa shape index (κ3) is 3.41. The molecule has 21 heavy (non-hydrogen) atoms. The van der Waals surface area contributed by atoms with Gasteiger partial charge < -0.3 is 14.8 Å². The molecule has 1 saturated heterocycles. The summed E-state index contributed by atoms with van der Waals surface area (Å²) in [7, 11) is 1.74. The first kappa shape index (κ1) is 16.3. The van der Waals surface area contributed by atoms with E-state index in [4.69, 9.17) is 9.47 Å². The number of benzene rings is 1. The van der Waals surface area contributed by atoms with Crippen molar-refractivity contribution in [2.45, 2.75) is 58.3 Å². The number of methoxy groups -OCH3 is 1. The Morgan fingerprint density at radius 3 is 2.48 bits per heavy atom. The van der Waals surface area contributed by atoms with Gasteiger partial charge in [-0.2, -0.15) is 0 Å². The molecule has 0 amide bonds. The molecule has 0 saturated carbocycles. The van der Waals surface area contributed by atoms with E-state index in [2.05, 4.69) is 52.1 Å². The lowest BCUT2D eigenvalue weighted by Gasteiger charge is -2.34. The predicted octanol–water partition coefficient (Wildman–Crippen LogP) is 3.94. The number of ether oxygens (including phenoxy) is 2. The zero-order chi connectivity index (χ0) is 15.7. The SMILES string of the molecule is CCNC(c1ccccc1OC)C1CC(C)(C)OC1(C)C. The number of hydrogen-bond acceptors (Lipinski definition) is 3. The van der Waals surface area contributed by atoms with Gasteiger partial charge in [0.25, 0.3) is 0 Å². The molecule has 2 rings (SSSR count). The first-order valence-electron chi connectivity index (χ1n) is 7.87. The van der Waals surface area contributed by atoms with Crippen molar-refractivity contribution in [1.82, 2.24) is 5.32 Å². The van der Waals surface area contributed by atoms with Crippen molar-refractivity contribution in [2.24, 2.45) is 5.92 Å². The Kier molecular flexibility index (Phi) is 4.64. The summed E-state index contributed by atoms with van der Waals surface area (Å²) in [6.07, 6.45) is 1.04. The third-order valence-electron chi connectivity index (χ3n) is 4.44. The fourth-order valence-corrected chi connectivity index (χ4v) is 3.74. The minimum atomic E-state index is -0.156. The van der Waals surface area contributed by atoms with E-state index in [9.17, 15) is 0 Å². The Balaban J connectivity index is 2.39. The predicted molar refractivity (Wildman–Crippen MR) is 86.8 cm³/mol. The summed E-state index contributed by atoms with van der Waals surface area (Å²) < 4.78 is 11.9. The molecule has 1 aliphatic heterocycles. The molecule has 1 N–H and O–H groups in total. The highest BCUT2D eigenvalue weighted by Crippen LogP contribution is 2.48. The number of hydrogen-bond donors (Lipinski definition) is 1. The van der Waals surface area contributed by atoms with E-state index in [1.165, 1.54) is 5.56 Å². The standard InChI is InChI=1S/C18H29NO2/c1-7-19-16(13-10-8-9-11-15(13)20-6)14-12-17(2,3)21-18(14,4)5/h8-11,14,16,19H,7,12H2,1-6H3. The van der Waals surface area contributed by atoms with Gasteiger partial charge in [-0.15, -0.1) is 0 Å². The van der Waals surface area contributed by atoms with Crippen LogP contribution in [0.4, 0.5) is 0 Å². The Bertz CT molecular complexity index is 482. The van der Waals surface area contributed by atoms with Gasteiger partial charge in [-0.25, -0.2) is 0 Å². The van der Waals surface area contributed by atoms with Crippen LogP contribution in [0.15, 0.2) is 24.3 Å². The van der Waals surface area contributed by atoms with Gasteiger partial charge in [-0.05, 0) is 46.7 Å². The van der Waals surface area contributed by atoms with Crippen molar-refractivity contribution in [2.75, 3.05) is 13.7 Å². The van der Waals surface area contributed by atoms with E-state index in [-0.39, 0.29) is 17.2 Å². The van der Waals surface area contributed by atoms with Crippen LogP contribution in [0.25, 0.3) is 0 Å². The smallest absolute Gasteiger partial charge is 0.123 e. The minimum Gasteiger partial charge on any atom is -0.496 e. The van der Waals surface area contributed by atoms with Crippen LogP contribution in [0.2, 0.25) is 0 Å². The molecule has 2 unspecified atom stereocenters. The molecular weight excluding hydrogens is 262 g/mol. The van der Waals surface area contributed by atoms with Crippen LogP contribution >= 0.6 is 0 Å². The maximum atomic E-state index is 6.29. The normalized spacial score (nSPS) is 24.8. The second-order valence-electron chi connectivity index (χ2n) is 7.05. The molecule has 1 aromatic carbocycles. The fourth-order valence-electron chi connectivity index (χ4n) is 3.74.